The second-order valence-corrected chi connectivity index (χ2v) is 6.80. The fraction of sp³-hybridized carbons (Fsp3) is 0.412. The van der Waals surface area contributed by atoms with Crippen LogP contribution in [-0.4, -0.2) is 40.5 Å². The fourth-order valence-electron chi connectivity index (χ4n) is 2.07. The molecule has 2 aromatic rings. The maximum absolute atomic E-state index is 12.4. The van der Waals surface area contributed by atoms with E-state index in [2.05, 4.69) is 5.16 Å². The van der Waals surface area contributed by atoms with Gasteiger partial charge < -0.3 is 14.5 Å². The molecule has 0 radical (unpaired) electrons. The van der Waals surface area contributed by atoms with E-state index < -0.39 is 0 Å². The highest BCUT2D eigenvalue weighted by atomic mass is 32.2. The molecule has 0 aliphatic carbocycles. The zero-order valence-corrected chi connectivity index (χ0v) is 14.5. The number of carbonyl (C=O) groups is 1. The van der Waals surface area contributed by atoms with Gasteiger partial charge in [0.25, 0.3) is 5.91 Å². The van der Waals surface area contributed by atoms with Gasteiger partial charge in [0.15, 0.2) is 0 Å². The van der Waals surface area contributed by atoms with Gasteiger partial charge in [-0.05, 0) is 24.3 Å². The average Bonchev–Trinajstić information content (AvgIpc) is 3.01. The van der Waals surface area contributed by atoms with Gasteiger partial charge in [-0.3, -0.25) is 4.79 Å². The number of aliphatic hydroxyl groups excluding tert-OH is 1. The van der Waals surface area contributed by atoms with Crippen LogP contribution >= 0.6 is 11.8 Å². The first-order chi connectivity index (χ1) is 11.0. The minimum absolute atomic E-state index is 0.0576. The Bertz CT molecular complexity index is 638. The molecule has 124 valence electrons. The minimum atomic E-state index is -0.0576. The van der Waals surface area contributed by atoms with Gasteiger partial charge in [-0.1, -0.05) is 19.0 Å². The van der Waals surface area contributed by atoms with E-state index in [1.807, 2.05) is 32.0 Å². The van der Waals surface area contributed by atoms with Crippen molar-refractivity contribution in [2.24, 2.45) is 0 Å². The van der Waals surface area contributed by atoms with Gasteiger partial charge in [0.05, 0.1) is 13.2 Å². The molecule has 1 N–H and O–H groups in total. The standard InChI is InChI=1S/C17H22N2O3S/c1-12(2)16-10-14(18-22-16)11-19(3)17(21)13-4-6-15(7-5-13)23-9-8-20/h4-7,10,12,20H,8-9,11H2,1-3H3. The first kappa shape index (κ1) is 17.6. The minimum Gasteiger partial charge on any atom is -0.396 e. The van der Waals surface area contributed by atoms with Gasteiger partial charge in [-0.25, -0.2) is 0 Å². The van der Waals surface area contributed by atoms with E-state index in [0.29, 0.717) is 17.9 Å². The van der Waals surface area contributed by atoms with E-state index in [-0.39, 0.29) is 18.4 Å². The monoisotopic (exact) mass is 334 g/mol. The largest absolute Gasteiger partial charge is 0.396 e. The summed E-state index contributed by atoms with van der Waals surface area (Å²) in [4.78, 5) is 15.1. The van der Waals surface area contributed by atoms with Crippen molar-refractivity contribution in [3.05, 3.63) is 47.3 Å². The van der Waals surface area contributed by atoms with Crippen LogP contribution in [-0.2, 0) is 6.54 Å². The van der Waals surface area contributed by atoms with E-state index in [4.69, 9.17) is 9.63 Å². The second-order valence-electron chi connectivity index (χ2n) is 5.63. The zero-order valence-electron chi connectivity index (χ0n) is 13.7. The number of rotatable bonds is 7. The molecule has 0 unspecified atom stereocenters. The Labute approximate surface area is 140 Å². The topological polar surface area (TPSA) is 66.6 Å². The molecular weight excluding hydrogens is 312 g/mol. The number of benzene rings is 1. The molecule has 1 heterocycles. The van der Waals surface area contributed by atoms with Gasteiger partial charge in [0.1, 0.15) is 11.5 Å². The van der Waals surface area contributed by atoms with Crippen molar-refractivity contribution < 1.29 is 14.4 Å². The summed E-state index contributed by atoms with van der Waals surface area (Å²) in [7, 11) is 1.75. The average molecular weight is 334 g/mol. The summed E-state index contributed by atoms with van der Waals surface area (Å²) in [5.74, 6) is 1.70. The van der Waals surface area contributed by atoms with Crippen LogP contribution in [0, 0.1) is 0 Å². The SMILES string of the molecule is CC(C)c1cc(CN(C)C(=O)c2ccc(SCCO)cc2)no1. The molecule has 1 amide bonds. The molecule has 1 aromatic carbocycles. The van der Waals surface area contributed by atoms with Crippen molar-refractivity contribution in [2.45, 2.75) is 31.2 Å². The third kappa shape index (κ3) is 4.84. The number of aromatic nitrogens is 1. The van der Waals surface area contributed by atoms with Crippen LogP contribution in [0.15, 0.2) is 39.8 Å². The molecule has 0 bridgehead atoms. The molecule has 0 saturated carbocycles. The van der Waals surface area contributed by atoms with Crippen molar-refractivity contribution in [1.29, 1.82) is 0 Å². The first-order valence-corrected chi connectivity index (χ1v) is 8.54. The molecular formula is C17H22N2O3S. The van der Waals surface area contributed by atoms with Gasteiger partial charge in [-0.2, -0.15) is 0 Å². The summed E-state index contributed by atoms with van der Waals surface area (Å²) < 4.78 is 5.25. The van der Waals surface area contributed by atoms with Gasteiger partial charge in [0, 0.05) is 35.2 Å². The lowest BCUT2D eigenvalue weighted by molar-refractivity contribution is 0.0782. The predicted molar refractivity (Wildman–Crippen MR) is 90.6 cm³/mol. The molecule has 0 aliphatic heterocycles. The van der Waals surface area contributed by atoms with E-state index in [9.17, 15) is 4.79 Å². The van der Waals surface area contributed by atoms with E-state index in [0.717, 1.165) is 16.3 Å². The maximum Gasteiger partial charge on any atom is 0.253 e. The second kappa shape index (κ2) is 8.17. The molecule has 23 heavy (non-hydrogen) atoms. The summed E-state index contributed by atoms with van der Waals surface area (Å²) in [6.45, 7) is 4.63. The molecule has 6 heteroatoms. The predicted octanol–water partition coefficient (Wildman–Crippen LogP) is 3.15. The van der Waals surface area contributed by atoms with Gasteiger partial charge in [0.2, 0.25) is 0 Å². The highest BCUT2D eigenvalue weighted by Crippen LogP contribution is 2.19. The Morgan fingerprint density at radius 3 is 2.61 bits per heavy atom. The molecule has 0 saturated heterocycles. The molecule has 1 aromatic heterocycles. The van der Waals surface area contributed by atoms with Crippen molar-refractivity contribution in [2.75, 3.05) is 19.4 Å². The lowest BCUT2D eigenvalue weighted by atomic mass is 10.1. The number of amides is 1. The van der Waals surface area contributed by atoms with Crippen LogP contribution in [0.2, 0.25) is 0 Å². The number of aliphatic hydroxyl groups is 1. The highest BCUT2D eigenvalue weighted by Gasteiger charge is 2.15. The summed E-state index contributed by atoms with van der Waals surface area (Å²) in [5.41, 5.74) is 1.38. The van der Waals surface area contributed by atoms with Crippen LogP contribution in [0.25, 0.3) is 0 Å². The number of carbonyl (C=O) groups excluding carboxylic acids is 1. The normalized spacial score (nSPS) is 11.0. The van der Waals surface area contributed by atoms with Gasteiger partial charge >= 0.3 is 0 Å². The lowest BCUT2D eigenvalue weighted by Crippen LogP contribution is -2.26. The summed E-state index contributed by atoms with van der Waals surface area (Å²) in [5, 5.41) is 12.8. The van der Waals surface area contributed by atoms with Crippen LogP contribution in [0.4, 0.5) is 0 Å². The Kier molecular flexibility index (Phi) is 6.24. The zero-order chi connectivity index (χ0) is 16.8. The molecule has 5 nitrogen and oxygen atoms in total. The van der Waals surface area contributed by atoms with E-state index >= 15 is 0 Å². The smallest absolute Gasteiger partial charge is 0.253 e. The maximum atomic E-state index is 12.4. The van der Waals surface area contributed by atoms with Crippen molar-refractivity contribution in [3.8, 4) is 0 Å². The third-order valence-electron chi connectivity index (χ3n) is 3.35. The van der Waals surface area contributed by atoms with Crippen molar-refractivity contribution in [3.63, 3.8) is 0 Å². The van der Waals surface area contributed by atoms with Crippen molar-refractivity contribution in [1.82, 2.24) is 10.1 Å². The Morgan fingerprint density at radius 1 is 1.35 bits per heavy atom. The molecule has 2 rings (SSSR count). The Balaban J connectivity index is 1.98. The lowest BCUT2D eigenvalue weighted by Gasteiger charge is -2.15. The van der Waals surface area contributed by atoms with Crippen LogP contribution in [0.3, 0.4) is 0 Å². The summed E-state index contributed by atoms with van der Waals surface area (Å²) >= 11 is 1.56. The molecule has 0 fully saturated rings. The number of thioether (sulfide) groups is 1. The fourth-order valence-corrected chi connectivity index (χ4v) is 2.72. The Morgan fingerprint density at radius 2 is 2.04 bits per heavy atom. The number of nitrogens with zero attached hydrogens (tertiary/aromatic N) is 2. The number of hydrogen-bond donors (Lipinski definition) is 1. The van der Waals surface area contributed by atoms with Crippen LogP contribution in [0.1, 0.15) is 41.6 Å². The molecule has 0 aliphatic rings. The van der Waals surface area contributed by atoms with Crippen LogP contribution < -0.4 is 0 Å². The Hall–Kier alpha value is -1.79. The quantitative estimate of drug-likeness (QED) is 0.788. The van der Waals surface area contributed by atoms with E-state index in [1.54, 1.807) is 35.8 Å². The van der Waals surface area contributed by atoms with Gasteiger partial charge in [-0.15, -0.1) is 11.8 Å². The van der Waals surface area contributed by atoms with Crippen LogP contribution in [0.5, 0.6) is 0 Å². The highest BCUT2D eigenvalue weighted by molar-refractivity contribution is 7.99. The summed E-state index contributed by atoms with van der Waals surface area (Å²) in [6, 6.07) is 9.30. The first-order valence-electron chi connectivity index (χ1n) is 7.56. The molecule has 0 atom stereocenters. The number of hydrogen-bond acceptors (Lipinski definition) is 5. The third-order valence-corrected chi connectivity index (χ3v) is 4.35. The van der Waals surface area contributed by atoms with Crippen molar-refractivity contribution >= 4 is 17.7 Å². The van der Waals surface area contributed by atoms with E-state index in [1.165, 1.54) is 0 Å². The molecule has 0 spiro atoms. The summed E-state index contributed by atoms with van der Waals surface area (Å²) in [6.07, 6.45) is 0.